The van der Waals surface area contributed by atoms with E-state index in [1.807, 2.05) is 36.4 Å². The van der Waals surface area contributed by atoms with Crippen LogP contribution in [-0.4, -0.2) is 43.3 Å². The van der Waals surface area contributed by atoms with E-state index in [-0.39, 0.29) is 0 Å². The number of benzene rings is 1. The van der Waals surface area contributed by atoms with Gasteiger partial charge in [-0.25, -0.2) is 4.79 Å². The van der Waals surface area contributed by atoms with Crippen LogP contribution in [0.25, 0.3) is 28.3 Å². The minimum Gasteiger partial charge on any atom is -0.465 e. The number of tetrazole rings is 1. The molecule has 0 atom stereocenters. The van der Waals surface area contributed by atoms with E-state index in [9.17, 15) is 4.79 Å². The van der Waals surface area contributed by atoms with Gasteiger partial charge >= 0.3 is 5.97 Å². The molecule has 0 aliphatic heterocycles. The number of methoxy groups -OCH3 is 1. The average Bonchev–Trinajstić information content (AvgIpc) is 3.24. The fourth-order valence-electron chi connectivity index (χ4n) is 2.63. The largest absolute Gasteiger partial charge is 0.465 e. The molecule has 0 unspecified atom stereocenters. The van der Waals surface area contributed by atoms with Crippen molar-refractivity contribution in [2.45, 2.75) is 0 Å². The van der Waals surface area contributed by atoms with Crippen molar-refractivity contribution in [3.63, 3.8) is 0 Å². The van der Waals surface area contributed by atoms with E-state index < -0.39 is 5.97 Å². The van der Waals surface area contributed by atoms with E-state index in [0.717, 1.165) is 5.56 Å². The molecular weight excluding hydrogens is 344 g/mol. The van der Waals surface area contributed by atoms with Crippen LogP contribution in [0.2, 0.25) is 0 Å². The highest BCUT2D eigenvalue weighted by Gasteiger charge is 2.14. The molecule has 0 amide bonds. The summed E-state index contributed by atoms with van der Waals surface area (Å²) in [7, 11) is 1.35. The zero-order valence-electron chi connectivity index (χ0n) is 14.4. The first-order valence-electron chi connectivity index (χ1n) is 8.11. The van der Waals surface area contributed by atoms with Crippen molar-refractivity contribution < 1.29 is 9.53 Å². The summed E-state index contributed by atoms with van der Waals surface area (Å²) in [5, 5.41) is 12.5. The molecule has 0 bridgehead atoms. The third kappa shape index (κ3) is 3.28. The second-order valence-corrected chi connectivity index (χ2v) is 5.59. The van der Waals surface area contributed by atoms with Crippen molar-refractivity contribution >= 4 is 5.97 Å². The zero-order chi connectivity index (χ0) is 18.6. The van der Waals surface area contributed by atoms with E-state index in [2.05, 4.69) is 25.4 Å². The summed E-state index contributed by atoms with van der Waals surface area (Å²) in [6.45, 7) is 0. The normalized spacial score (nSPS) is 10.6. The van der Waals surface area contributed by atoms with Gasteiger partial charge in [-0.05, 0) is 35.0 Å². The summed E-state index contributed by atoms with van der Waals surface area (Å²) in [6, 6.07) is 14.5. The Kier molecular flexibility index (Phi) is 4.36. The van der Waals surface area contributed by atoms with Crippen LogP contribution in [0.4, 0.5) is 0 Å². The molecule has 8 nitrogen and oxygen atoms in total. The zero-order valence-corrected chi connectivity index (χ0v) is 14.4. The van der Waals surface area contributed by atoms with Crippen molar-refractivity contribution in [1.29, 1.82) is 0 Å². The molecule has 0 aliphatic rings. The van der Waals surface area contributed by atoms with Crippen molar-refractivity contribution in [2.75, 3.05) is 7.11 Å². The third-order valence-corrected chi connectivity index (χ3v) is 3.91. The Morgan fingerprint density at radius 1 is 1.07 bits per heavy atom. The molecule has 0 radical (unpaired) electrons. The minimum atomic E-state index is -0.410. The Morgan fingerprint density at radius 2 is 1.93 bits per heavy atom. The fraction of sp³-hybridized carbons (Fsp3) is 0.0526. The molecule has 3 aromatic heterocycles. The first kappa shape index (κ1) is 16.5. The van der Waals surface area contributed by atoms with E-state index in [4.69, 9.17) is 4.74 Å². The van der Waals surface area contributed by atoms with Gasteiger partial charge in [0.05, 0.1) is 18.9 Å². The molecule has 132 valence electrons. The smallest absolute Gasteiger partial charge is 0.338 e. The number of pyridine rings is 2. The monoisotopic (exact) mass is 358 g/mol. The number of nitrogens with zero attached hydrogens (tertiary/aromatic N) is 6. The van der Waals surface area contributed by atoms with Crippen LogP contribution >= 0.6 is 0 Å². The number of ether oxygens (including phenoxy) is 1. The van der Waals surface area contributed by atoms with Crippen LogP contribution in [0, 0.1) is 0 Å². The van der Waals surface area contributed by atoms with Gasteiger partial charge < -0.3 is 4.74 Å². The van der Waals surface area contributed by atoms with Crippen LogP contribution in [0.15, 0.2) is 67.1 Å². The highest BCUT2D eigenvalue weighted by molar-refractivity contribution is 5.97. The second kappa shape index (κ2) is 7.12. The summed E-state index contributed by atoms with van der Waals surface area (Å²) in [4.78, 5) is 21.9. The fourth-order valence-corrected chi connectivity index (χ4v) is 2.63. The lowest BCUT2D eigenvalue weighted by Gasteiger charge is -2.08. The van der Waals surface area contributed by atoms with Crippen molar-refractivity contribution in [1.82, 2.24) is 30.2 Å². The van der Waals surface area contributed by atoms with Gasteiger partial charge in [0.25, 0.3) is 0 Å². The van der Waals surface area contributed by atoms with Gasteiger partial charge in [-0.1, -0.05) is 24.3 Å². The Labute approximate surface area is 154 Å². The van der Waals surface area contributed by atoms with Crippen LogP contribution < -0.4 is 0 Å². The Balaban J connectivity index is 1.73. The van der Waals surface area contributed by atoms with E-state index in [1.165, 1.54) is 11.9 Å². The maximum atomic E-state index is 12.0. The van der Waals surface area contributed by atoms with Gasteiger partial charge in [0.1, 0.15) is 11.4 Å². The second-order valence-electron chi connectivity index (χ2n) is 5.59. The van der Waals surface area contributed by atoms with Crippen LogP contribution in [0.3, 0.4) is 0 Å². The minimum absolute atomic E-state index is 0.410. The number of aromatic nitrogens is 6. The topological polar surface area (TPSA) is 95.7 Å². The van der Waals surface area contributed by atoms with Crippen molar-refractivity contribution in [3.8, 4) is 28.3 Å². The summed E-state index contributed by atoms with van der Waals surface area (Å²) < 4.78 is 4.86. The Hall–Kier alpha value is -3.94. The number of carbonyl (C=O) groups is 1. The van der Waals surface area contributed by atoms with Crippen molar-refractivity contribution in [3.05, 3.63) is 72.7 Å². The predicted octanol–water partition coefficient (Wildman–Crippen LogP) is 2.57. The summed E-state index contributed by atoms with van der Waals surface area (Å²) >= 11 is 0. The van der Waals surface area contributed by atoms with Crippen LogP contribution in [0.1, 0.15) is 10.4 Å². The summed E-state index contributed by atoms with van der Waals surface area (Å²) in [5.41, 5.74) is 3.15. The SMILES string of the molecule is COC(=O)c1ccccc1-c1cncc(-n2nnc(-c3ccccn3)n2)c1. The number of hydrogen-bond donors (Lipinski definition) is 0. The Bertz CT molecular complexity index is 1090. The number of carbonyl (C=O) groups excluding carboxylic acids is 1. The highest BCUT2D eigenvalue weighted by atomic mass is 16.5. The van der Waals surface area contributed by atoms with Gasteiger partial charge in [0.15, 0.2) is 0 Å². The van der Waals surface area contributed by atoms with Gasteiger partial charge in [0.2, 0.25) is 5.82 Å². The highest BCUT2D eigenvalue weighted by Crippen LogP contribution is 2.25. The quantitative estimate of drug-likeness (QED) is 0.517. The molecule has 27 heavy (non-hydrogen) atoms. The standard InChI is InChI=1S/C19H14N6O2/c1-27-19(26)16-7-3-2-6-15(16)13-10-14(12-20-11-13)25-23-18(22-24-25)17-8-4-5-9-21-17/h2-12H,1H3. The number of esters is 1. The maximum Gasteiger partial charge on any atom is 0.338 e. The molecule has 4 aromatic rings. The van der Waals surface area contributed by atoms with Crippen molar-refractivity contribution in [2.24, 2.45) is 0 Å². The molecule has 1 aromatic carbocycles. The first-order valence-corrected chi connectivity index (χ1v) is 8.11. The Morgan fingerprint density at radius 3 is 2.74 bits per heavy atom. The lowest BCUT2D eigenvalue weighted by molar-refractivity contribution is 0.0601. The van der Waals surface area contributed by atoms with Gasteiger partial charge in [-0.15, -0.1) is 15.0 Å². The molecule has 0 fully saturated rings. The summed E-state index contributed by atoms with van der Waals surface area (Å²) in [6.07, 6.45) is 4.96. The average molecular weight is 358 g/mol. The van der Waals surface area contributed by atoms with E-state index in [1.54, 1.807) is 30.7 Å². The van der Waals surface area contributed by atoms with Crippen LogP contribution in [0.5, 0.6) is 0 Å². The molecule has 4 rings (SSSR count). The van der Waals surface area contributed by atoms with E-state index in [0.29, 0.717) is 28.3 Å². The summed E-state index contributed by atoms with van der Waals surface area (Å²) in [5.74, 6) is 0.00304. The number of hydrogen-bond acceptors (Lipinski definition) is 7. The third-order valence-electron chi connectivity index (χ3n) is 3.91. The molecule has 0 saturated heterocycles. The molecule has 0 N–H and O–H groups in total. The molecular formula is C19H14N6O2. The molecule has 0 aliphatic carbocycles. The lowest BCUT2D eigenvalue weighted by Crippen LogP contribution is -2.04. The van der Waals surface area contributed by atoms with Crippen LogP contribution in [-0.2, 0) is 4.74 Å². The van der Waals surface area contributed by atoms with Gasteiger partial charge in [0, 0.05) is 18.0 Å². The first-order chi connectivity index (χ1) is 13.3. The van der Waals surface area contributed by atoms with E-state index >= 15 is 0 Å². The van der Waals surface area contributed by atoms with Gasteiger partial charge in [-0.2, -0.15) is 0 Å². The number of rotatable bonds is 4. The predicted molar refractivity (Wildman–Crippen MR) is 97.0 cm³/mol. The molecule has 8 heteroatoms. The molecule has 0 spiro atoms. The molecule has 0 saturated carbocycles. The van der Waals surface area contributed by atoms with Gasteiger partial charge in [-0.3, -0.25) is 9.97 Å². The lowest BCUT2D eigenvalue weighted by atomic mass is 10.0. The maximum absolute atomic E-state index is 12.0. The molecule has 3 heterocycles.